The number of amides is 1. The summed E-state index contributed by atoms with van der Waals surface area (Å²) in [7, 11) is 1.82. The number of nitrogens with zero attached hydrogens (tertiary/aromatic N) is 3. The van der Waals surface area contributed by atoms with Crippen molar-refractivity contribution in [1.82, 2.24) is 20.1 Å². The fourth-order valence-corrected chi connectivity index (χ4v) is 4.69. The maximum Gasteiger partial charge on any atom is 0.407 e. The minimum absolute atomic E-state index is 0.0771. The highest BCUT2D eigenvalue weighted by Crippen LogP contribution is 2.44. The molecule has 1 aliphatic carbocycles. The number of thioether (sulfide) groups is 1. The van der Waals surface area contributed by atoms with Gasteiger partial charge < -0.3 is 19.7 Å². The normalized spacial score (nSPS) is 13.3. The summed E-state index contributed by atoms with van der Waals surface area (Å²) in [5, 5.41) is 19.7. The van der Waals surface area contributed by atoms with Crippen molar-refractivity contribution in [1.29, 1.82) is 0 Å². The van der Waals surface area contributed by atoms with E-state index in [4.69, 9.17) is 4.74 Å². The van der Waals surface area contributed by atoms with Gasteiger partial charge in [-0.25, -0.2) is 9.59 Å². The quantitative estimate of drug-likeness (QED) is 0.557. The largest absolute Gasteiger partial charge is 0.480 e. The molecule has 1 aromatic heterocycles. The van der Waals surface area contributed by atoms with Crippen LogP contribution in [0.2, 0.25) is 0 Å². The van der Waals surface area contributed by atoms with Crippen molar-refractivity contribution in [3.8, 4) is 11.1 Å². The molecule has 2 N–H and O–H groups in total. The molecule has 0 saturated carbocycles. The van der Waals surface area contributed by atoms with Crippen LogP contribution in [0.3, 0.4) is 0 Å². The lowest BCUT2D eigenvalue weighted by molar-refractivity contribution is -0.138. The second-order valence-electron chi connectivity index (χ2n) is 7.23. The lowest BCUT2D eigenvalue weighted by Gasteiger charge is -2.17. The van der Waals surface area contributed by atoms with E-state index in [0.717, 1.165) is 28.1 Å². The van der Waals surface area contributed by atoms with E-state index in [1.165, 1.54) is 11.8 Å². The molecule has 0 radical (unpaired) electrons. The number of fused-ring (bicyclic) bond motifs is 3. The van der Waals surface area contributed by atoms with Crippen LogP contribution in [0.25, 0.3) is 11.1 Å². The van der Waals surface area contributed by atoms with Crippen LogP contribution in [-0.2, 0) is 22.3 Å². The SMILES string of the molecule is Cn1cnnc1CSCC(NC(=O)OCC1c2ccccc2-c2ccccc21)C(=O)O. The molecule has 0 saturated heterocycles. The van der Waals surface area contributed by atoms with Crippen LogP contribution in [0.15, 0.2) is 54.9 Å². The number of nitrogens with one attached hydrogen (secondary N) is 1. The first kappa shape index (κ1) is 20.9. The summed E-state index contributed by atoms with van der Waals surface area (Å²) in [6, 6.07) is 15.0. The Balaban J connectivity index is 1.34. The molecule has 8 nitrogen and oxygen atoms in total. The predicted molar refractivity (Wildman–Crippen MR) is 117 cm³/mol. The number of carboxylic acids is 1. The highest BCUT2D eigenvalue weighted by atomic mass is 32.2. The van der Waals surface area contributed by atoms with E-state index >= 15 is 0 Å². The van der Waals surface area contributed by atoms with Gasteiger partial charge >= 0.3 is 12.1 Å². The molecule has 1 unspecified atom stereocenters. The van der Waals surface area contributed by atoms with Gasteiger partial charge in [0.15, 0.2) is 0 Å². The van der Waals surface area contributed by atoms with Gasteiger partial charge in [-0.15, -0.1) is 10.2 Å². The van der Waals surface area contributed by atoms with Gasteiger partial charge in [0.05, 0.1) is 5.75 Å². The average molecular weight is 439 g/mol. The number of aromatic nitrogens is 3. The van der Waals surface area contributed by atoms with Gasteiger partial charge in [0, 0.05) is 18.7 Å². The third kappa shape index (κ3) is 4.56. The molecule has 1 amide bonds. The Hall–Kier alpha value is -3.33. The number of alkyl carbamates (subject to hydrolysis) is 1. The number of hydrogen-bond donors (Lipinski definition) is 2. The van der Waals surface area contributed by atoms with Crippen LogP contribution in [0, 0.1) is 0 Å². The van der Waals surface area contributed by atoms with Crippen molar-refractivity contribution >= 4 is 23.8 Å². The third-order valence-electron chi connectivity index (χ3n) is 5.25. The summed E-state index contributed by atoms with van der Waals surface area (Å²) in [6.07, 6.45) is 0.841. The molecule has 0 spiro atoms. The molecule has 1 heterocycles. The average Bonchev–Trinajstić information content (AvgIpc) is 3.32. The zero-order valence-electron chi connectivity index (χ0n) is 16.9. The lowest BCUT2D eigenvalue weighted by Crippen LogP contribution is -2.43. The van der Waals surface area contributed by atoms with Gasteiger partial charge in [-0.1, -0.05) is 48.5 Å². The number of rotatable bonds is 8. The van der Waals surface area contributed by atoms with Gasteiger partial charge in [0.2, 0.25) is 0 Å². The first-order valence-corrected chi connectivity index (χ1v) is 10.9. The minimum Gasteiger partial charge on any atom is -0.480 e. The second kappa shape index (κ2) is 9.22. The molecular formula is C22H22N4O4S. The number of carbonyl (C=O) groups is 2. The number of hydrogen-bond acceptors (Lipinski definition) is 6. The summed E-state index contributed by atoms with van der Waals surface area (Å²) in [6.45, 7) is 0.137. The third-order valence-corrected chi connectivity index (χ3v) is 6.29. The molecule has 1 atom stereocenters. The number of carbonyl (C=O) groups excluding carboxylic acids is 1. The summed E-state index contributed by atoms with van der Waals surface area (Å²) in [5.74, 6) is 0.222. The van der Waals surface area contributed by atoms with E-state index in [2.05, 4.69) is 27.6 Å². The van der Waals surface area contributed by atoms with Crippen LogP contribution in [-0.4, -0.2) is 50.3 Å². The predicted octanol–water partition coefficient (Wildman–Crippen LogP) is 3.04. The lowest BCUT2D eigenvalue weighted by atomic mass is 9.98. The number of aryl methyl sites for hydroxylation is 1. The van der Waals surface area contributed by atoms with Gasteiger partial charge in [0.25, 0.3) is 0 Å². The fourth-order valence-electron chi connectivity index (χ4n) is 3.66. The highest BCUT2D eigenvalue weighted by Gasteiger charge is 2.29. The Bertz CT molecular complexity index is 1050. The van der Waals surface area contributed by atoms with Crippen molar-refractivity contribution in [2.45, 2.75) is 17.7 Å². The molecule has 4 rings (SSSR count). The maximum atomic E-state index is 12.4. The van der Waals surface area contributed by atoms with Crippen molar-refractivity contribution in [3.05, 3.63) is 71.8 Å². The highest BCUT2D eigenvalue weighted by molar-refractivity contribution is 7.98. The maximum absolute atomic E-state index is 12.4. The molecule has 31 heavy (non-hydrogen) atoms. The van der Waals surface area contributed by atoms with E-state index in [1.54, 1.807) is 10.9 Å². The number of carboxylic acid groups (broad SMARTS) is 1. The van der Waals surface area contributed by atoms with E-state index < -0.39 is 18.1 Å². The first-order chi connectivity index (χ1) is 15.0. The molecular weight excluding hydrogens is 416 g/mol. The fraction of sp³-hybridized carbons (Fsp3) is 0.273. The van der Waals surface area contributed by atoms with E-state index in [0.29, 0.717) is 5.75 Å². The Kier molecular flexibility index (Phi) is 6.22. The van der Waals surface area contributed by atoms with Crippen LogP contribution in [0.4, 0.5) is 4.79 Å². The number of benzene rings is 2. The molecule has 1 aliphatic rings. The molecule has 9 heteroatoms. The van der Waals surface area contributed by atoms with Crippen molar-refractivity contribution in [3.63, 3.8) is 0 Å². The van der Waals surface area contributed by atoms with Crippen LogP contribution in [0.5, 0.6) is 0 Å². The Morgan fingerprint density at radius 1 is 1.16 bits per heavy atom. The number of ether oxygens (including phenoxy) is 1. The molecule has 2 aromatic carbocycles. The standard InChI is InChI=1S/C22H22N4O4S/c1-26-13-23-25-20(26)12-31-11-19(21(27)28)24-22(29)30-10-18-16-8-4-2-6-14(16)15-7-3-5-9-17(15)18/h2-9,13,18-19H,10-12H2,1H3,(H,24,29)(H,27,28). The second-order valence-corrected chi connectivity index (χ2v) is 8.26. The Morgan fingerprint density at radius 2 is 1.81 bits per heavy atom. The Labute approximate surface area is 183 Å². The molecule has 0 fully saturated rings. The summed E-state index contributed by atoms with van der Waals surface area (Å²) >= 11 is 1.35. The van der Waals surface area contributed by atoms with E-state index in [1.807, 2.05) is 43.4 Å². The zero-order valence-corrected chi connectivity index (χ0v) is 17.7. The van der Waals surface area contributed by atoms with Crippen molar-refractivity contribution in [2.75, 3.05) is 12.4 Å². The van der Waals surface area contributed by atoms with Gasteiger partial charge in [0.1, 0.15) is 24.8 Å². The van der Waals surface area contributed by atoms with Crippen molar-refractivity contribution in [2.24, 2.45) is 7.05 Å². The minimum atomic E-state index is -1.11. The first-order valence-electron chi connectivity index (χ1n) is 9.79. The van der Waals surface area contributed by atoms with Crippen LogP contribution < -0.4 is 5.32 Å². The van der Waals surface area contributed by atoms with Gasteiger partial charge in [-0.2, -0.15) is 11.8 Å². The topological polar surface area (TPSA) is 106 Å². The molecule has 0 aliphatic heterocycles. The van der Waals surface area contributed by atoms with Crippen molar-refractivity contribution < 1.29 is 19.4 Å². The van der Waals surface area contributed by atoms with Gasteiger partial charge in [-0.05, 0) is 22.3 Å². The molecule has 3 aromatic rings. The molecule has 0 bridgehead atoms. The summed E-state index contributed by atoms with van der Waals surface area (Å²) < 4.78 is 7.21. The van der Waals surface area contributed by atoms with Gasteiger partial charge in [-0.3, -0.25) is 0 Å². The monoisotopic (exact) mass is 438 g/mol. The summed E-state index contributed by atoms with van der Waals surface area (Å²) in [5.41, 5.74) is 4.47. The molecule has 160 valence electrons. The van der Waals surface area contributed by atoms with E-state index in [-0.39, 0.29) is 18.3 Å². The smallest absolute Gasteiger partial charge is 0.407 e. The Morgan fingerprint density at radius 3 is 2.39 bits per heavy atom. The summed E-state index contributed by atoms with van der Waals surface area (Å²) in [4.78, 5) is 23.9. The number of aliphatic carboxylic acids is 1. The zero-order chi connectivity index (χ0) is 21.8. The van der Waals surface area contributed by atoms with E-state index in [9.17, 15) is 14.7 Å². The van der Waals surface area contributed by atoms with Crippen LogP contribution >= 0.6 is 11.8 Å². The van der Waals surface area contributed by atoms with Crippen LogP contribution in [0.1, 0.15) is 22.9 Å².